The molecule has 3 atom stereocenters. The molecular formula is C28H39NO2. The maximum absolute atomic E-state index is 6.16. The molecule has 1 aromatic carbocycles. The first-order chi connectivity index (χ1) is 15.1. The average molecular weight is 422 g/mol. The molecule has 2 fully saturated rings. The van der Waals surface area contributed by atoms with E-state index in [0.717, 1.165) is 37.5 Å². The molecule has 3 heteroatoms. The lowest BCUT2D eigenvalue weighted by molar-refractivity contribution is -0.0347. The molecule has 2 aliphatic carbocycles. The number of hydrogen-bond donors (Lipinski definition) is 0. The van der Waals surface area contributed by atoms with Crippen molar-refractivity contribution in [2.75, 3.05) is 26.8 Å². The number of piperidine rings is 1. The summed E-state index contributed by atoms with van der Waals surface area (Å²) in [6.45, 7) is 10.8. The van der Waals surface area contributed by atoms with Crippen molar-refractivity contribution in [1.82, 2.24) is 4.90 Å². The van der Waals surface area contributed by atoms with Gasteiger partial charge in [-0.3, -0.25) is 4.90 Å². The Morgan fingerprint density at radius 2 is 1.97 bits per heavy atom. The van der Waals surface area contributed by atoms with Crippen LogP contribution in [0.3, 0.4) is 0 Å². The van der Waals surface area contributed by atoms with E-state index in [1.165, 1.54) is 43.5 Å². The summed E-state index contributed by atoms with van der Waals surface area (Å²) in [6.07, 6.45) is 13.8. The number of ether oxygens (including phenoxy) is 2. The van der Waals surface area contributed by atoms with E-state index in [2.05, 4.69) is 67.0 Å². The van der Waals surface area contributed by atoms with Crippen LogP contribution in [0.15, 0.2) is 66.5 Å². The van der Waals surface area contributed by atoms with Crippen molar-refractivity contribution in [3.63, 3.8) is 0 Å². The van der Waals surface area contributed by atoms with Gasteiger partial charge in [0.25, 0.3) is 0 Å². The summed E-state index contributed by atoms with van der Waals surface area (Å²) < 4.78 is 11.8. The van der Waals surface area contributed by atoms with E-state index in [9.17, 15) is 0 Å². The third-order valence-electron chi connectivity index (χ3n) is 7.85. The normalized spacial score (nSPS) is 32.2. The first-order valence-electron chi connectivity index (χ1n) is 12.1. The lowest BCUT2D eigenvalue weighted by Crippen LogP contribution is -2.54. The van der Waals surface area contributed by atoms with Crippen molar-refractivity contribution >= 4 is 0 Å². The molecule has 31 heavy (non-hydrogen) atoms. The fourth-order valence-corrected chi connectivity index (χ4v) is 5.49. The van der Waals surface area contributed by atoms with Gasteiger partial charge in [-0.1, -0.05) is 55.5 Å². The third-order valence-corrected chi connectivity index (χ3v) is 7.85. The first-order valence-corrected chi connectivity index (χ1v) is 12.1. The Hall–Kier alpha value is -1.84. The van der Waals surface area contributed by atoms with Gasteiger partial charge >= 0.3 is 0 Å². The van der Waals surface area contributed by atoms with Gasteiger partial charge in [0.1, 0.15) is 5.76 Å². The Balaban J connectivity index is 1.50. The zero-order chi connectivity index (χ0) is 21.7. The van der Waals surface area contributed by atoms with E-state index >= 15 is 0 Å². The zero-order valence-corrected chi connectivity index (χ0v) is 19.4. The molecule has 3 nitrogen and oxygen atoms in total. The van der Waals surface area contributed by atoms with Gasteiger partial charge in [-0.2, -0.15) is 0 Å². The van der Waals surface area contributed by atoms with E-state index in [-0.39, 0.29) is 5.41 Å². The molecule has 1 saturated carbocycles. The number of methoxy groups -OCH3 is 1. The molecule has 1 saturated heterocycles. The monoisotopic (exact) mass is 421 g/mol. The van der Waals surface area contributed by atoms with Crippen LogP contribution >= 0.6 is 0 Å². The average Bonchev–Trinajstić information content (AvgIpc) is 3.60. The van der Waals surface area contributed by atoms with Gasteiger partial charge in [-0.25, -0.2) is 0 Å². The van der Waals surface area contributed by atoms with Gasteiger partial charge in [-0.05, 0) is 80.0 Å². The largest absolute Gasteiger partial charge is 0.497 e. The maximum Gasteiger partial charge on any atom is 0.114 e. The fourth-order valence-electron chi connectivity index (χ4n) is 5.49. The van der Waals surface area contributed by atoms with Gasteiger partial charge in [0, 0.05) is 19.2 Å². The first kappa shape index (κ1) is 22.4. The van der Waals surface area contributed by atoms with Gasteiger partial charge in [0.2, 0.25) is 0 Å². The van der Waals surface area contributed by atoms with Crippen molar-refractivity contribution in [3.8, 4) is 0 Å². The van der Waals surface area contributed by atoms with E-state index in [1.54, 1.807) is 7.11 Å². The van der Waals surface area contributed by atoms with Crippen LogP contribution in [0.5, 0.6) is 0 Å². The van der Waals surface area contributed by atoms with Crippen LogP contribution in [-0.4, -0.2) is 37.7 Å². The molecule has 4 rings (SSSR count). The lowest BCUT2D eigenvalue weighted by Gasteiger charge is -2.52. The third kappa shape index (κ3) is 5.70. The minimum Gasteiger partial charge on any atom is -0.497 e. The number of benzene rings is 1. The van der Waals surface area contributed by atoms with E-state index in [4.69, 9.17) is 9.47 Å². The molecule has 168 valence electrons. The zero-order valence-electron chi connectivity index (χ0n) is 19.4. The van der Waals surface area contributed by atoms with Gasteiger partial charge in [0.05, 0.1) is 13.7 Å². The van der Waals surface area contributed by atoms with Crippen molar-refractivity contribution in [2.24, 2.45) is 17.3 Å². The van der Waals surface area contributed by atoms with Crippen LogP contribution < -0.4 is 0 Å². The highest BCUT2D eigenvalue weighted by Crippen LogP contribution is 2.48. The van der Waals surface area contributed by atoms with E-state index in [0.29, 0.717) is 18.6 Å². The van der Waals surface area contributed by atoms with E-state index < -0.39 is 0 Å². The van der Waals surface area contributed by atoms with Crippen molar-refractivity contribution < 1.29 is 9.47 Å². The quantitative estimate of drug-likeness (QED) is 0.471. The topological polar surface area (TPSA) is 21.7 Å². The summed E-state index contributed by atoms with van der Waals surface area (Å²) in [4.78, 5) is 2.78. The highest BCUT2D eigenvalue weighted by atomic mass is 16.5. The van der Waals surface area contributed by atoms with Crippen LogP contribution in [0.1, 0.15) is 51.0 Å². The SMILES string of the molecule is C=C1/C=C\C(OC)=C/C[C@@]2(CCOCc3ccccc3)CCN(CC3CC3)[C@@H](C1)[C@H]2C. The second-order valence-corrected chi connectivity index (χ2v) is 9.91. The molecule has 2 bridgehead atoms. The Bertz CT molecular complexity index is 794. The summed E-state index contributed by atoms with van der Waals surface area (Å²) in [5.74, 6) is 2.47. The molecule has 3 aliphatic rings. The van der Waals surface area contributed by atoms with Crippen LogP contribution in [-0.2, 0) is 16.1 Å². The predicted octanol–water partition coefficient (Wildman–Crippen LogP) is 6.14. The van der Waals surface area contributed by atoms with Gasteiger partial charge in [-0.15, -0.1) is 0 Å². The number of hydrogen-bond acceptors (Lipinski definition) is 3. The number of fused-ring (bicyclic) bond motifs is 2. The second-order valence-electron chi connectivity index (χ2n) is 9.91. The molecular weight excluding hydrogens is 382 g/mol. The smallest absolute Gasteiger partial charge is 0.114 e. The van der Waals surface area contributed by atoms with E-state index in [1.807, 2.05) is 0 Å². The summed E-state index contributed by atoms with van der Waals surface area (Å²) in [5, 5.41) is 0. The Labute approximate surface area is 188 Å². The van der Waals surface area contributed by atoms with Crippen LogP contribution in [0.2, 0.25) is 0 Å². The van der Waals surface area contributed by atoms with Crippen LogP contribution in [0.4, 0.5) is 0 Å². The molecule has 0 radical (unpaired) electrons. The van der Waals surface area contributed by atoms with Crippen LogP contribution in [0, 0.1) is 17.3 Å². The minimum atomic E-state index is 0.247. The summed E-state index contributed by atoms with van der Waals surface area (Å²) in [6, 6.07) is 11.1. The molecule has 1 aliphatic heterocycles. The summed E-state index contributed by atoms with van der Waals surface area (Å²) >= 11 is 0. The van der Waals surface area contributed by atoms with Crippen molar-refractivity contribution in [1.29, 1.82) is 0 Å². The fraction of sp³-hybridized carbons (Fsp3) is 0.571. The number of likely N-dealkylation sites (tertiary alicyclic amines) is 1. The lowest BCUT2D eigenvalue weighted by atomic mass is 9.62. The number of rotatable bonds is 8. The second kappa shape index (κ2) is 10.2. The molecule has 0 spiro atoms. The summed E-state index contributed by atoms with van der Waals surface area (Å²) in [7, 11) is 1.77. The number of nitrogens with zero attached hydrogens (tertiary/aromatic N) is 1. The molecule has 1 heterocycles. The molecule has 0 unspecified atom stereocenters. The standard InChI is InChI=1S/C28H39NO2/c1-22-9-12-26(30-3)13-14-28(16-18-31-21-25-7-5-4-6-8-25)15-17-29(20-24-10-11-24)27(19-22)23(28)2/h4-9,12-13,23-24,27H,1,10-11,14-21H2,2-3H3/b12-9-,26-13+/t23-,27+,28+/m1/s1. The van der Waals surface area contributed by atoms with Gasteiger partial charge in [0.15, 0.2) is 0 Å². The Kier molecular flexibility index (Phi) is 7.35. The van der Waals surface area contributed by atoms with Gasteiger partial charge < -0.3 is 9.47 Å². The molecule has 0 aromatic heterocycles. The highest BCUT2D eigenvalue weighted by Gasteiger charge is 2.46. The van der Waals surface area contributed by atoms with Crippen molar-refractivity contribution in [3.05, 3.63) is 72.0 Å². The molecule has 0 amide bonds. The Morgan fingerprint density at radius 3 is 2.71 bits per heavy atom. The molecule has 1 aromatic rings. The number of allylic oxidation sites excluding steroid dienone is 3. The predicted molar refractivity (Wildman–Crippen MR) is 128 cm³/mol. The minimum absolute atomic E-state index is 0.247. The molecule has 0 N–H and O–H groups in total. The van der Waals surface area contributed by atoms with Crippen molar-refractivity contribution in [2.45, 2.75) is 58.1 Å². The maximum atomic E-state index is 6.16. The Morgan fingerprint density at radius 1 is 1.16 bits per heavy atom. The van der Waals surface area contributed by atoms with Crippen LogP contribution in [0.25, 0.3) is 0 Å². The summed E-state index contributed by atoms with van der Waals surface area (Å²) in [5.41, 5.74) is 2.70. The highest BCUT2D eigenvalue weighted by molar-refractivity contribution is 5.26.